The maximum Gasteiger partial charge on any atom is 1.00 e. The van der Waals surface area contributed by atoms with Gasteiger partial charge in [-0.25, -0.2) is 0 Å². The summed E-state index contributed by atoms with van der Waals surface area (Å²) in [4.78, 5) is 15.2. The average molecular weight is 535 g/mol. The van der Waals surface area contributed by atoms with Gasteiger partial charge in [-0.1, -0.05) is 37.3 Å². The molecule has 1 amide bonds. The summed E-state index contributed by atoms with van der Waals surface area (Å²) in [6.45, 7) is 3.71. The Bertz CT molecular complexity index is 1170. The van der Waals surface area contributed by atoms with Crippen LogP contribution in [0.25, 0.3) is 16.1 Å². The van der Waals surface area contributed by atoms with Gasteiger partial charge in [-0.3, -0.25) is 4.79 Å². The number of piperazine rings is 1. The molecule has 34 heavy (non-hydrogen) atoms. The Morgan fingerprint density at radius 1 is 1.09 bits per heavy atom. The van der Waals surface area contributed by atoms with Crippen LogP contribution >= 0.6 is 0 Å². The Balaban J connectivity index is 0.00000324. The molecule has 1 heterocycles. The number of benzene rings is 3. The molecule has 2 atom stereocenters. The summed E-state index contributed by atoms with van der Waals surface area (Å²) < 4.78 is 10.9. The van der Waals surface area contributed by atoms with Gasteiger partial charge in [-0.15, -0.1) is 12.6 Å². The zero-order valence-electron chi connectivity index (χ0n) is 20.1. The number of carbonyl (C=O) groups is 1. The summed E-state index contributed by atoms with van der Waals surface area (Å²) in [5.41, 5.74) is 1.02. The molecule has 2 unspecified atom stereocenters. The predicted molar refractivity (Wildman–Crippen MR) is 128 cm³/mol. The maximum atomic E-state index is 13.4. The third-order valence-corrected chi connectivity index (χ3v) is 6.22. The summed E-state index contributed by atoms with van der Waals surface area (Å²) in [6.07, 6.45) is 0.0601. The van der Waals surface area contributed by atoms with Crippen LogP contribution in [-0.2, 0) is 4.79 Å². The molecule has 174 valence electrons. The third kappa shape index (κ3) is 5.60. The number of methoxy groups -OCH3 is 2. The number of ether oxygens (including phenoxy) is 2. The van der Waals surface area contributed by atoms with Crippen molar-refractivity contribution in [1.29, 1.82) is 0 Å². The number of hydrogen-bond acceptors (Lipinski definition) is 5. The summed E-state index contributed by atoms with van der Waals surface area (Å²) in [7, 11) is 3.02. The zero-order valence-corrected chi connectivity index (χ0v) is 25.0. The van der Waals surface area contributed by atoms with E-state index in [0.717, 1.165) is 10.8 Å². The molecule has 0 aliphatic carbocycles. The van der Waals surface area contributed by atoms with Crippen molar-refractivity contribution < 1.29 is 82.7 Å². The summed E-state index contributed by atoms with van der Waals surface area (Å²) in [5, 5.41) is 28.2. The van der Waals surface area contributed by atoms with Crippen molar-refractivity contribution in [2.45, 2.75) is 25.3 Å². The number of phenols is 2. The second-order valence-corrected chi connectivity index (χ2v) is 8.33. The van der Waals surface area contributed by atoms with Gasteiger partial charge in [0.1, 0.15) is 23.0 Å². The molecule has 0 radical (unpaired) electrons. The Labute approximate surface area is 248 Å². The molecule has 3 aromatic rings. The standard InChI is InChI=1S/C26H29N2O5.Rb/c1-16-15-28(11-10-27-16)24(31)14-20(26-22(30)12-18(32-2)13-23(26)33-3)25-19-7-5-4-6-17(19)8-9-21(25)29;/h4-9,12-13,16,20,29-30H,10-11,14-15H2,1-3H3;/q-1;+1. The molecule has 1 saturated heterocycles. The van der Waals surface area contributed by atoms with E-state index in [1.807, 2.05) is 37.3 Å². The van der Waals surface area contributed by atoms with Crippen molar-refractivity contribution in [3.8, 4) is 23.0 Å². The maximum absolute atomic E-state index is 13.4. The van der Waals surface area contributed by atoms with Gasteiger partial charge in [-0.05, 0) is 16.8 Å². The minimum atomic E-state index is -0.640. The second-order valence-electron chi connectivity index (χ2n) is 8.33. The monoisotopic (exact) mass is 534 g/mol. The molecule has 0 aromatic heterocycles. The summed E-state index contributed by atoms with van der Waals surface area (Å²) in [6, 6.07) is 14.4. The van der Waals surface area contributed by atoms with Gasteiger partial charge < -0.3 is 29.9 Å². The zero-order chi connectivity index (χ0) is 23.5. The average Bonchev–Trinajstić information content (AvgIpc) is 2.82. The van der Waals surface area contributed by atoms with Gasteiger partial charge in [-0.2, -0.15) is 0 Å². The van der Waals surface area contributed by atoms with Crippen molar-refractivity contribution in [2.75, 3.05) is 33.9 Å². The Morgan fingerprint density at radius 3 is 2.56 bits per heavy atom. The van der Waals surface area contributed by atoms with Crippen LogP contribution in [0.2, 0.25) is 0 Å². The number of aromatic hydroxyl groups is 2. The van der Waals surface area contributed by atoms with Crippen molar-refractivity contribution in [3.05, 3.63) is 65.0 Å². The van der Waals surface area contributed by atoms with Crippen LogP contribution in [0, 0.1) is 0 Å². The first-order chi connectivity index (χ1) is 15.9. The number of fused-ring (bicyclic) bond motifs is 1. The molecule has 0 spiro atoms. The van der Waals surface area contributed by atoms with Crippen LogP contribution in [-0.4, -0.2) is 60.9 Å². The van der Waals surface area contributed by atoms with E-state index in [1.165, 1.54) is 20.3 Å². The molecule has 8 heteroatoms. The fraction of sp³-hybridized carbons (Fsp3) is 0.346. The van der Waals surface area contributed by atoms with E-state index in [4.69, 9.17) is 9.47 Å². The first-order valence-electron chi connectivity index (χ1n) is 11.0. The SMILES string of the molecule is COc1cc(O)c(C(CC(=O)N2CC[N-]C(C)C2)c2c(O)ccc3ccccc23)c(OC)c1.[Rb+]. The smallest absolute Gasteiger partial charge is 0.657 e. The number of rotatable bonds is 6. The van der Waals surface area contributed by atoms with Crippen LogP contribution in [0.1, 0.15) is 30.4 Å². The summed E-state index contributed by atoms with van der Waals surface area (Å²) in [5.74, 6) is 0.125. The van der Waals surface area contributed by atoms with Crippen LogP contribution in [0.4, 0.5) is 0 Å². The van der Waals surface area contributed by atoms with Crippen molar-refractivity contribution in [3.63, 3.8) is 0 Å². The van der Waals surface area contributed by atoms with Gasteiger partial charge in [0.2, 0.25) is 5.91 Å². The van der Waals surface area contributed by atoms with Gasteiger partial charge >= 0.3 is 58.2 Å². The number of nitrogens with zero attached hydrogens (tertiary/aromatic N) is 2. The summed E-state index contributed by atoms with van der Waals surface area (Å²) >= 11 is 0. The van der Waals surface area contributed by atoms with E-state index in [1.54, 1.807) is 17.0 Å². The Hall–Kier alpha value is -1.64. The molecule has 1 fully saturated rings. The molecule has 3 aromatic carbocycles. The van der Waals surface area contributed by atoms with E-state index in [2.05, 4.69) is 5.32 Å². The molecular weight excluding hydrogens is 506 g/mol. The van der Waals surface area contributed by atoms with Crippen LogP contribution < -0.4 is 67.7 Å². The first kappa shape index (κ1) is 27.0. The van der Waals surface area contributed by atoms with E-state index >= 15 is 0 Å². The van der Waals surface area contributed by atoms with E-state index in [9.17, 15) is 15.0 Å². The largest absolute Gasteiger partial charge is 1.00 e. The fourth-order valence-electron chi connectivity index (χ4n) is 4.62. The Kier molecular flexibility index (Phi) is 9.40. The minimum Gasteiger partial charge on any atom is -0.657 e. The van der Waals surface area contributed by atoms with Gasteiger partial charge in [0.05, 0.1) is 14.2 Å². The minimum absolute atomic E-state index is 0. The second kappa shape index (κ2) is 11.9. The number of hydrogen-bond donors (Lipinski definition) is 2. The van der Waals surface area contributed by atoms with Gasteiger partial charge in [0.15, 0.2) is 0 Å². The van der Waals surface area contributed by atoms with Gasteiger partial charge in [0.25, 0.3) is 0 Å². The molecule has 7 nitrogen and oxygen atoms in total. The normalized spacial score (nSPS) is 16.6. The number of phenolic OH excluding ortho intramolecular Hbond substituents is 2. The van der Waals surface area contributed by atoms with Crippen molar-refractivity contribution in [1.82, 2.24) is 4.90 Å². The van der Waals surface area contributed by atoms with Gasteiger partial charge in [0, 0.05) is 48.7 Å². The predicted octanol–water partition coefficient (Wildman–Crippen LogP) is 1.40. The quantitative estimate of drug-likeness (QED) is 0.499. The van der Waals surface area contributed by atoms with E-state index < -0.39 is 5.92 Å². The fourth-order valence-corrected chi connectivity index (χ4v) is 4.62. The van der Waals surface area contributed by atoms with Crippen LogP contribution in [0.3, 0.4) is 0 Å². The molecule has 1 aliphatic rings. The van der Waals surface area contributed by atoms with Crippen LogP contribution in [0.5, 0.6) is 23.0 Å². The molecule has 0 saturated carbocycles. The van der Waals surface area contributed by atoms with E-state index in [0.29, 0.717) is 42.3 Å². The molecule has 4 rings (SSSR count). The third-order valence-electron chi connectivity index (χ3n) is 6.22. The van der Waals surface area contributed by atoms with Crippen LogP contribution in [0.15, 0.2) is 48.5 Å². The molecular formula is C26H29N2O5Rb. The molecule has 1 aliphatic heterocycles. The number of carbonyl (C=O) groups excluding carboxylic acids is 1. The molecule has 2 N–H and O–H groups in total. The van der Waals surface area contributed by atoms with E-state index in [-0.39, 0.29) is 88.1 Å². The molecule has 0 bridgehead atoms. The number of amides is 1. The first-order valence-corrected chi connectivity index (χ1v) is 11.0. The van der Waals surface area contributed by atoms with Crippen molar-refractivity contribution >= 4 is 16.7 Å². The topological polar surface area (TPSA) is 93.3 Å². The Morgan fingerprint density at radius 2 is 1.85 bits per heavy atom. The van der Waals surface area contributed by atoms with Crippen molar-refractivity contribution in [2.24, 2.45) is 0 Å².